The number of benzene rings is 1. The highest BCUT2D eigenvalue weighted by Gasteiger charge is 2.14. The number of rotatable bonds is 2. The number of aromatic nitrogens is 1. The van der Waals surface area contributed by atoms with E-state index >= 15 is 0 Å². The van der Waals surface area contributed by atoms with Crippen molar-refractivity contribution in [1.82, 2.24) is 4.98 Å². The molecule has 0 fully saturated rings. The molecule has 1 heterocycles. The SMILES string of the molecule is Cc1cc2c(NN)ccc([N+](=O)[O-])c2cn1. The number of hydrogen-bond acceptors (Lipinski definition) is 5. The Morgan fingerprint density at radius 2 is 2.19 bits per heavy atom. The van der Waals surface area contributed by atoms with Crippen molar-refractivity contribution in [1.29, 1.82) is 0 Å². The van der Waals surface area contributed by atoms with Crippen LogP contribution < -0.4 is 11.3 Å². The fourth-order valence-corrected chi connectivity index (χ4v) is 1.61. The summed E-state index contributed by atoms with van der Waals surface area (Å²) in [6, 6.07) is 4.76. The van der Waals surface area contributed by atoms with Crippen LogP contribution in [0.15, 0.2) is 24.4 Å². The van der Waals surface area contributed by atoms with Crippen LogP contribution in [0, 0.1) is 17.0 Å². The zero-order valence-corrected chi connectivity index (χ0v) is 8.60. The van der Waals surface area contributed by atoms with Gasteiger partial charge in [0.1, 0.15) is 0 Å². The van der Waals surface area contributed by atoms with Crippen LogP contribution in [-0.2, 0) is 0 Å². The number of hydrazine groups is 1. The monoisotopic (exact) mass is 218 g/mol. The van der Waals surface area contributed by atoms with Gasteiger partial charge in [-0.05, 0) is 19.1 Å². The average Bonchev–Trinajstić information content (AvgIpc) is 2.27. The first-order valence-corrected chi connectivity index (χ1v) is 4.64. The molecule has 2 aromatic rings. The van der Waals surface area contributed by atoms with Crippen LogP contribution in [0.3, 0.4) is 0 Å². The van der Waals surface area contributed by atoms with Gasteiger partial charge >= 0.3 is 0 Å². The minimum atomic E-state index is -0.431. The zero-order chi connectivity index (χ0) is 11.7. The molecule has 0 saturated carbocycles. The van der Waals surface area contributed by atoms with E-state index in [-0.39, 0.29) is 5.69 Å². The van der Waals surface area contributed by atoms with Crippen LogP contribution in [0.2, 0.25) is 0 Å². The third kappa shape index (κ3) is 1.55. The number of hydrogen-bond donors (Lipinski definition) is 2. The van der Waals surface area contributed by atoms with Crippen LogP contribution in [0.4, 0.5) is 11.4 Å². The summed E-state index contributed by atoms with van der Waals surface area (Å²) in [6.45, 7) is 1.82. The van der Waals surface area contributed by atoms with E-state index in [0.717, 1.165) is 5.69 Å². The van der Waals surface area contributed by atoms with E-state index in [4.69, 9.17) is 5.84 Å². The molecule has 0 radical (unpaired) electrons. The molecule has 0 atom stereocenters. The number of nitrogens with zero attached hydrogens (tertiary/aromatic N) is 2. The molecule has 0 saturated heterocycles. The lowest BCUT2D eigenvalue weighted by molar-refractivity contribution is -0.383. The van der Waals surface area contributed by atoms with Gasteiger partial charge < -0.3 is 5.43 Å². The Labute approximate surface area is 91.2 Å². The van der Waals surface area contributed by atoms with E-state index in [9.17, 15) is 10.1 Å². The average molecular weight is 218 g/mol. The molecular weight excluding hydrogens is 208 g/mol. The second-order valence-electron chi connectivity index (χ2n) is 3.40. The second-order valence-corrected chi connectivity index (χ2v) is 3.40. The van der Waals surface area contributed by atoms with Gasteiger partial charge in [-0.1, -0.05) is 0 Å². The van der Waals surface area contributed by atoms with Gasteiger partial charge in [0.2, 0.25) is 0 Å². The third-order valence-electron chi connectivity index (χ3n) is 2.37. The van der Waals surface area contributed by atoms with Crippen molar-refractivity contribution < 1.29 is 4.92 Å². The molecule has 16 heavy (non-hydrogen) atoms. The van der Waals surface area contributed by atoms with E-state index in [2.05, 4.69) is 10.4 Å². The number of nitrogen functional groups attached to an aromatic ring is 1. The fraction of sp³-hybridized carbons (Fsp3) is 0.100. The number of fused-ring (bicyclic) bond motifs is 1. The molecule has 6 nitrogen and oxygen atoms in total. The molecule has 0 unspecified atom stereocenters. The maximum absolute atomic E-state index is 10.8. The summed E-state index contributed by atoms with van der Waals surface area (Å²) >= 11 is 0. The molecule has 0 spiro atoms. The van der Waals surface area contributed by atoms with Gasteiger partial charge in [0.05, 0.1) is 16.0 Å². The van der Waals surface area contributed by atoms with E-state index < -0.39 is 4.92 Å². The molecule has 0 aliphatic carbocycles. The number of nitrogens with two attached hydrogens (primary N) is 1. The van der Waals surface area contributed by atoms with Crippen molar-refractivity contribution >= 4 is 22.1 Å². The van der Waals surface area contributed by atoms with Gasteiger partial charge in [-0.3, -0.25) is 20.9 Å². The predicted molar refractivity (Wildman–Crippen MR) is 60.9 cm³/mol. The summed E-state index contributed by atoms with van der Waals surface area (Å²) in [5.74, 6) is 5.35. The lowest BCUT2D eigenvalue weighted by Crippen LogP contribution is -2.07. The number of non-ortho nitro benzene ring substituents is 1. The van der Waals surface area contributed by atoms with Gasteiger partial charge in [-0.25, -0.2) is 0 Å². The number of pyridine rings is 1. The van der Waals surface area contributed by atoms with E-state index in [1.165, 1.54) is 12.3 Å². The molecule has 6 heteroatoms. The summed E-state index contributed by atoms with van der Waals surface area (Å²) in [4.78, 5) is 14.4. The second kappa shape index (κ2) is 3.74. The first-order valence-electron chi connectivity index (χ1n) is 4.64. The summed E-state index contributed by atoms with van der Waals surface area (Å²) in [7, 11) is 0. The zero-order valence-electron chi connectivity index (χ0n) is 8.60. The van der Waals surface area contributed by atoms with Crippen molar-refractivity contribution in [3.63, 3.8) is 0 Å². The Hall–Kier alpha value is -2.21. The fourth-order valence-electron chi connectivity index (χ4n) is 1.61. The number of nitro benzene ring substituents is 1. The van der Waals surface area contributed by atoms with E-state index in [0.29, 0.717) is 16.5 Å². The smallest absolute Gasteiger partial charge is 0.278 e. The summed E-state index contributed by atoms with van der Waals surface area (Å²) in [6.07, 6.45) is 1.49. The van der Waals surface area contributed by atoms with Crippen LogP contribution in [0.1, 0.15) is 5.69 Å². The predicted octanol–water partition coefficient (Wildman–Crippen LogP) is 1.74. The van der Waals surface area contributed by atoms with Gasteiger partial charge in [0, 0.05) is 23.3 Å². The Balaban J connectivity index is 2.85. The highest BCUT2D eigenvalue weighted by Crippen LogP contribution is 2.30. The van der Waals surface area contributed by atoms with Crippen LogP contribution in [0.5, 0.6) is 0 Å². The molecule has 1 aromatic carbocycles. The Kier molecular flexibility index (Phi) is 2.41. The summed E-state index contributed by atoms with van der Waals surface area (Å²) in [5.41, 5.74) is 3.97. The van der Waals surface area contributed by atoms with Crippen LogP contribution in [-0.4, -0.2) is 9.91 Å². The topological polar surface area (TPSA) is 94.1 Å². The molecule has 0 bridgehead atoms. The molecule has 0 aliphatic heterocycles. The first-order chi connectivity index (χ1) is 7.63. The van der Waals surface area contributed by atoms with Crippen LogP contribution in [0.25, 0.3) is 10.8 Å². The number of nitro groups is 1. The molecule has 2 rings (SSSR count). The Bertz CT molecular complexity index is 568. The summed E-state index contributed by atoms with van der Waals surface area (Å²) in [5, 5.41) is 12.0. The number of anilines is 1. The first kappa shape index (κ1) is 10.3. The van der Waals surface area contributed by atoms with Gasteiger partial charge in [0.15, 0.2) is 0 Å². The summed E-state index contributed by atoms with van der Waals surface area (Å²) < 4.78 is 0. The Morgan fingerprint density at radius 1 is 1.44 bits per heavy atom. The van der Waals surface area contributed by atoms with Crippen molar-refractivity contribution in [3.8, 4) is 0 Å². The third-order valence-corrected chi connectivity index (χ3v) is 2.37. The molecule has 3 N–H and O–H groups in total. The number of aryl methyl sites for hydroxylation is 1. The molecular formula is C10H10N4O2. The number of nitrogens with one attached hydrogen (secondary N) is 1. The minimum Gasteiger partial charge on any atom is -0.324 e. The molecule has 1 aromatic heterocycles. The highest BCUT2D eigenvalue weighted by molar-refractivity contribution is 5.99. The highest BCUT2D eigenvalue weighted by atomic mass is 16.6. The standard InChI is InChI=1S/C10H10N4O2/c1-6-4-7-8(5-12-6)10(14(15)16)3-2-9(7)13-11/h2-5,13H,11H2,1H3. The van der Waals surface area contributed by atoms with Crippen molar-refractivity contribution in [2.75, 3.05) is 5.43 Å². The van der Waals surface area contributed by atoms with Crippen molar-refractivity contribution in [3.05, 3.63) is 40.2 Å². The van der Waals surface area contributed by atoms with Gasteiger partial charge in [-0.15, -0.1) is 0 Å². The molecule has 0 amide bonds. The molecule has 82 valence electrons. The lowest BCUT2D eigenvalue weighted by Gasteiger charge is -2.06. The van der Waals surface area contributed by atoms with Gasteiger partial charge in [0.25, 0.3) is 5.69 Å². The quantitative estimate of drug-likeness (QED) is 0.455. The largest absolute Gasteiger partial charge is 0.324 e. The van der Waals surface area contributed by atoms with Crippen LogP contribution >= 0.6 is 0 Å². The molecule has 0 aliphatic rings. The van der Waals surface area contributed by atoms with Gasteiger partial charge in [-0.2, -0.15) is 0 Å². The lowest BCUT2D eigenvalue weighted by atomic mass is 10.1. The van der Waals surface area contributed by atoms with Crippen molar-refractivity contribution in [2.45, 2.75) is 6.92 Å². The van der Waals surface area contributed by atoms with E-state index in [1.807, 2.05) is 6.92 Å². The maximum atomic E-state index is 10.8. The maximum Gasteiger partial charge on any atom is 0.278 e. The normalized spacial score (nSPS) is 10.4. The van der Waals surface area contributed by atoms with Crippen molar-refractivity contribution in [2.24, 2.45) is 5.84 Å². The minimum absolute atomic E-state index is 0.0292. The van der Waals surface area contributed by atoms with E-state index in [1.54, 1.807) is 12.1 Å². The Morgan fingerprint density at radius 3 is 2.81 bits per heavy atom.